The van der Waals surface area contributed by atoms with Crippen LogP contribution in [-0.2, 0) is 19.6 Å². The Hall–Kier alpha value is -2.91. The van der Waals surface area contributed by atoms with E-state index in [2.05, 4.69) is 5.32 Å². The van der Waals surface area contributed by atoms with Crippen molar-refractivity contribution in [2.45, 2.75) is 38.0 Å². The monoisotopic (exact) mass is 460 g/mol. The molecule has 0 aromatic heterocycles. The van der Waals surface area contributed by atoms with Crippen LogP contribution in [0.2, 0.25) is 0 Å². The number of methoxy groups -OCH3 is 1. The SMILES string of the molecule is COc1ccc(NC(=O)COC(=O)c2cc(C)ccc2C)cc1S(=O)(=O)N1CCCCC1. The molecule has 1 N–H and O–H groups in total. The molecule has 1 amide bonds. The topological polar surface area (TPSA) is 102 Å². The average Bonchev–Trinajstić information content (AvgIpc) is 2.79. The first-order chi connectivity index (χ1) is 15.2. The Bertz CT molecular complexity index is 1110. The Balaban J connectivity index is 1.70. The number of piperidine rings is 1. The zero-order valence-corrected chi connectivity index (χ0v) is 19.3. The molecule has 3 rings (SSSR count). The number of carbonyl (C=O) groups is 2. The lowest BCUT2D eigenvalue weighted by atomic mass is 10.1. The Morgan fingerprint density at radius 2 is 1.75 bits per heavy atom. The molecule has 1 saturated heterocycles. The van der Waals surface area contributed by atoms with Gasteiger partial charge in [0.15, 0.2) is 6.61 Å². The standard InChI is InChI=1S/C23H28N2O6S/c1-16-7-8-17(2)19(13-16)23(27)31-15-22(26)24-18-9-10-20(30-3)21(14-18)32(28,29)25-11-5-4-6-12-25/h7-10,13-14H,4-6,11-12,15H2,1-3H3,(H,24,26). The molecule has 8 nitrogen and oxygen atoms in total. The van der Waals surface area contributed by atoms with Gasteiger partial charge in [-0.15, -0.1) is 0 Å². The van der Waals surface area contributed by atoms with Crippen molar-refractivity contribution in [2.24, 2.45) is 0 Å². The van der Waals surface area contributed by atoms with Crippen molar-refractivity contribution in [2.75, 3.05) is 32.1 Å². The molecule has 1 aliphatic heterocycles. The molecule has 1 aliphatic rings. The van der Waals surface area contributed by atoms with Gasteiger partial charge >= 0.3 is 5.97 Å². The highest BCUT2D eigenvalue weighted by atomic mass is 32.2. The number of rotatable bonds is 7. The van der Waals surface area contributed by atoms with Crippen LogP contribution >= 0.6 is 0 Å². The number of nitrogens with one attached hydrogen (secondary N) is 1. The van der Waals surface area contributed by atoms with Crippen LogP contribution in [0.15, 0.2) is 41.3 Å². The number of amides is 1. The van der Waals surface area contributed by atoms with Crippen LogP contribution in [0.1, 0.15) is 40.7 Å². The summed E-state index contributed by atoms with van der Waals surface area (Å²) in [7, 11) is -2.36. The van der Waals surface area contributed by atoms with Crippen LogP contribution in [0.4, 0.5) is 5.69 Å². The second-order valence-electron chi connectivity index (χ2n) is 7.77. The average molecular weight is 461 g/mol. The van der Waals surface area contributed by atoms with Crippen LogP contribution in [0.3, 0.4) is 0 Å². The van der Waals surface area contributed by atoms with Crippen molar-refractivity contribution in [3.05, 3.63) is 53.1 Å². The maximum absolute atomic E-state index is 13.1. The molecule has 0 spiro atoms. The maximum atomic E-state index is 13.1. The van der Waals surface area contributed by atoms with E-state index in [9.17, 15) is 18.0 Å². The fourth-order valence-electron chi connectivity index (χ4n) is 3.56. The molecule has 0 unspecified atom stereocenters. The summed E-state index contributed by atoms with van der Waals surface area (Å²) in [6.07, 6.45) is 2.62. The Morgan fingerprint density at radius 3 is 2.44 bits per heavy atom. The molecular formula is C23H28N2O6S. The Kier molecular flexibility index (Phi) is 7.52. The summed E-state index contributed by atoms with van der Waals surface area (Å²) in [5.74, 6) is -0.963. The van der Waals surface area contributed by atoms with E-state index in [4.69, 9.17) is 9.47 Å². The van der Waals surface area contributed by atoms with Gasteiger partial charge < -0.3 is 14.8 Å². The van der Waals surface area contributed by atoms with E-state index in [1.807, 2.05) is 19.1 Å². The van der Waals surface area contributed by atoms with Crippen molar-refractivity contribution in [1.29, 1.82) is 0 Å². The summed E-state index contributed by atoms with van der Waals surface area (Å²) >= 11 is 0. The minimum atomic E-state index is -3.76. The van der Waals surface area contributed by atoms with E-state index >= 15 is 0 Å². The Labute approximate surface area is 188 Å². The van der Waals surface area contributed by atoms with Gasteiger partial charge in [-0.2, -0.15) is 4.31 Å². The lowest BCUT2D eigenvalue weighted by Gasteiger charge is -2.26. The molecule has 1 heterocycles. The van der Waals surface area contributed by atoms with Crippen molar-refractivity contribution >= 4 is 27.6 Å². The van der Waals surface area contributed by atoms with Crippen LogP contribution in [0.25, 0.3) is 0 Å². The summed E-state index contributed by atoms with van der Waals surface area (Å²) in [4.78, 5) is 24.6. The maximum Gasteiger partial charge on any atom is 0.338 e. The summed E-state index contributed by atoms with van der Waals surface area (Å²) in [5.41, 5.74) is 2.34. The number of hydrogen-bond donors (Lipinski definition) is 1. The minimum absolute atomic E-state index is 0.00733. The number of carbonyl (C=O) groups excluding carboxylic acids is 2. The number of esters is 1. The van der Waals surface area contributed by atoms with Crippen LogP contribution in [0, 0.1) is 13.8 Å². The lowest BCUT2D eigenvalue weighted by molar-refractivity contribution is -0.119. The van der Waals surface area contributed by atoms with E-state index in [0.29, 0.717) is 18.7 Å². The molecule has 2 aromatic rings. The third-order valence-electron chi connectivity index (χ3n) is 5.33. The normalized spacial score (nSPS) is 14.6. The zero-order chi connectivity index (χ0) is 23.3. The molecule has 9 heteroatoms. The first kappa shape index (κ1) is 23.7. The van der Waals surface area contributed by atoms with Crippen LogP contribution < -0.4 is 10.1 Å². The number of benzene rings is 2. The molecule has 0 bridgehead atoms. The highest BCUT2D eigenvalue weighted by Crippen LogP contribution is 2.31. The van der Waals surface area contributed by atoms with E-state index < -0.39 is 28.5 Å². The highest BCUT2D eigenvalue weighted by Gasteiger charge is 2.29. The lowest BCUT2D eigenvalue weighted by Crippen LogP contribution is -2.35. The number of hydrogen-bond acceptors (Lipinski definition) is 6. The van der Waals surface area contributed by atoms with Gasteiger partial charge in [0.1, 0.15) is 10.6 Å². The van der Waals surface area contributed by atoms with Gasteiger partial charge in [0.25, 0.3) is 5.91 Å². The smallest absolute Gasteiger partial charge is 0.338 e. The summed E-state index contributed by atoms with van der Waals surface area (Å²) in [5, 5.41) is 2.59. The third kappa shape index (κ3) is 5.46. The molecule has 0 saturated carbocycles. The first-order valence-electron chi connectivity index (χ1n) is 10.4. The van der Waals surface area contributed by atoms with Crippen LogP contribution in [-0.4, -0.2) is 51.4 Å². The zero-order valence-electron chi connectivity index (χ0n) is 18.5. The van der Waals surface area contributed by atoms with Gasteiger partial charge in [-0.1, -0.05) is 24.1 Å². The van der Waals surface area contributed by atoms with E-state index in [1.165, 1.54) is 23.5 Å². The number of anilines is 1. The van der Waals surface area contributed by atoms with Gasteiger partial charge in [-0.05, 0) is 56.5 Å². The van der Waals surface area contributed by atoms with Gasteiger partial charge in [-0.25, -0.2) is 13.2 Å². The fraction of sp³-hybridized carbons (Fsp3) is 0.391. The van der Waals surface area contributed by atoms with Crippen molar-refractivity contribution in [3.63, 3.8) is 0 Å². The Morgan fingerprint density at radius 1 is 1.03 bits per heavy atom. The summed E-state index contributed by atoms with van der Waals surface area (Å²) in [6, 6.07) is 9.81. The second kappa shape index (κ2) is 10.1. The van der Waals surface area contributed by atoms with Crippen LogP contribution in [0.5, 0.6) is 5.75 Å². The number of aryl methyl sites for hydroxylation is 2. The number of sulfonamides is 1. The quantitative estimate of drug-likeness (QED) is 0.636. The third-order valence-corrected chi connectivity index (χ3v) is 7.25. The van der Waals surface area contributed by atoms with Gasteiger partial charge in [0.05, 0.1) is 12.7 Å². The van der Waals surface area contributed by atoms with E-state index in [0.717, 1.165) is 30.4 Å². The molecule has 1 fully saturated rings. The first-order valence-corrected chi connectivity index (χ1v) is 11.9. The number of nitrogens with zero attached hydrogens (tertiary/aromatic N) is 1. The molecule has 2 aromatic carbocycles. The van der Waals surface area contributed by atoms with Crippen molar-refractivity contribution in [3.8, 4) is 5.75 Å². The van der Waals surface area contributed by atoms with Crippen molar-refractivity contribution < 1.29 is 27.5 Å². The molecule has 0 atom stereocenters. The van der Waals surface area contributed by atoms with Crippen molar-refractivity contribution in [1.82, 2.24) is 4.31 Å². The highest BCUT2D eigenvalue weighted by molar-refractivity contribution is 7.89. The molecular weight excluding hydrogens is 432 g/mol. The molecule has 0 radical (unpaired) electrons. The minimum Gasteiger partial charge on any atom is -0.495 e. The molecule has 172 valence electrons. The summed E-state index contributed by atoms with van der Waals surface area (Å²) in [6.45, 7) is 4.07. The predicted molar refractivity (Wildman–Crippen MR) is 120 cm³/mol. The largest absolute Gasteiger partial charge is 0.495 e. The summed E-state index contributed by atoms with van der Waals surface area (Å²) < 4.78 is 38.0. The number of ether oxygens (including phenoxy) is 2. The van der Waals surface area contributed by atoms with Gasteiger partial charge in [-0.3, -0.25) is 4.79 Å². The van der Waals surface area contributed by atoms with E-state index in [1.54, 1.807) is 19.1 Å². The molecule has 0 aliphatic carbocycles. The van der Waals surface area contributed by atoms with Gasteiger partial charge in [0, 0.05) is 18.8 Å². The molecule has 32 heavy (non-hydrogen) atoms. The fourth-order valence-corrected chi connectivity index (χ4v) is 5.26. The van der Waals surface area contributed by atoms with Gasteiger partial charge in [0.2, 0.25) is 10.0 Å². The van der Waals surface area contributed by atoms with E-state index in [-0.39, 0.29) is 16.3 Å². The predicted octanol–water partition coefficient (Wildman–Crippen LogP) is 3.28. The second-order valence-corrected chi connectivity index (χ2v) is 9.68.